The number of hydrogen-bond donors (Lipinski definition) is 0. The molecule has 7 heteroatoms. The summed E-state index contributed by atoms with van der Waals surface area (Å²) in [6.45, 7) is 2.90. The summed E-state index contributed by atoms with van der Waals surface area (Å²) in [5.74, 6) is 0.579. The van der Waals surface area contributed by atoms with Gasteiger partial charge in [-0.25, -0.2) is 0 Å². The van der Waals surface area contributed by atoms with Crippen LogP contribution in [0.2, 0.25) is 0 Å². The molecule has 1 aliphatic heterocycles. The summed E-state index contributed by atoms with van der Waals surface area (Å²) in [6, 6.07) is 7.30. The lowest BCUT2D eigenvalue weighted by Gasteiger charge is -2.32. The number of hydrogen-bond acceptors (Lipinski definition) is 3. The summed E-state index contributed by atoms with van der Waals surface area (Å²) < 4.78 is 44.3. The number of aromatic nitrogens is 1. The van der Waals surface area contributed by atoms with Gasteiger partial charge in [0.15, 0.2) is 5.69 Å². The first-order valence-corrected chi connectivity index (χ1v) is 8.72. The highest BCUT2D eigenvalue weighted by Crippen LogP contribution is 2.33. The maximum Gasteiger partial charge on any atom is 0.416 e. The Labute approximate surface area is 150 Å². The van der Waals surface area contributed by atoms with Crippen LogP contribution in [-0.4, -0.2) is 29.1 Å². The van der Waals surface area contributed by atoms with E-state index >= 15 is 0 Å². The molecule has 0 saturated carbocycles. The zero-order chi connectivity index (χ0) is 18.7. The van der Waals surface area contributed by atoms with Crippen molar-refractivity contribution in [3.05, 3.63) is 52.9 Å². The first kappa shape index (κ1) is 18.5. The zero-order valence-electron chi connectivity index (χ0n) is 14.6. The second-order valence-electron chi connectivity index (χ2n) is 6.78. The van der Waals surface area contributed by atoms with Gasteiger partial charge in [-0.2, -0.15) is 13.2 Å². The molecule has 0 bridgehead atoms. The topological polar surface area (TPSA) is 46.3 Å². The quantitative estimate of drug-likeness (QED) is 0.801. The van der Waals surface area contributed by atoms with Crippen LogP contribution in [0.3, 0.4) is 0 Å². The van der Waals surface area contributed by atoms with Crippen molar-refractivity contribution < 1.29 is 22.5 Å². The molecule has 0 unspecified atom stereocenters. The number of amides is 1. The van der Waals surface area contributed by atoms with Crippen LogP contribution in [-0.2, 0) is 12.6 Å². The van der Waals surface area contributed by atoms with E-state index in [2.05, 4.69) is 5.16 Å². The van der Waals surface area contributed by atoms with E-state index in [9.17, 15) is 18.0 Å². The molecule has 1 atom stereocenters. The summed E-state index contributed by atoms with van der Waals surface area (Å²) in [7, 11) is 0. The van der Waals surface area contributed by atoms with Crippen molar-refractivity contribution in [2.24, 2.45) is 5.92 Å². The van der Waals surface area contributed by atoms with Crippen molar-refractivity contribution in [2.45, 2.75) is 38.8 Å². The highest BCUT2D eigenvalue weighted by Gasteiger charge is 2.33. The van der Waals surface area contributed by atoms with Crippen LogP contribution in [0.4, 0.5) is 13.2 Å². The molecule has 3 rings (SSSR count). The smallest absolute Gasteiger partial charge is 0.361 e. The van der Waals surface area contributed by atoms with Gasteiger partial charge in [0.25, 0.3) is 5.91 Å². The highest BCUT2D eigenvalue weighted by molar-refractivity contribution is 5.92. The number of benzene rings is 1. The van der Waals surface area contributed by atoms with Gasteiger partial charge >= 0.3 is 6.18 Å². The lowest BCUT2D eigenvalue weighted by molar-refractivity contribution is -0.138. The minimum Gasteiger partial charge on any atom is -0.361 e. The molecule has 0 aliphatic carbocycles. The zero-order valence-corrected chi connectivity index (χ0v) is 14.6. The molecular weight excluding hydrogens is 345 g/mol. The number of nitrogens with zero attached hydrogens (tertiary/aromatic N) is 2. The molecule has 26 heavy (non-hydrogen) atoms. The number of likely N-dealkylation sites (tertiary alicyclic amines) is 1. The maximum absolute atomic E-state index is 13.1. The summed E-state index contributed by atoms with van der Waals surface area (Å²) in [5, 5.41) is 3.76. The molecule has 1 fully saturated rings. The number of aryl methyl sites for hydroxylation is 2. The predicted molar refractivity (Wildman–Crippen MR) is 89.6 cm³/mol. The van der Waals surface area contributed by atoms with Crippen LogP contribution in [0, 0.1) is 12.8 Å². The van der Waals surface area contributed by atoms with Gasteiger partial charge in [-0.15, -0.1) is 0 Å². The molecule has 140 valence electrons. The molecule has 1 aromatic carbocycles. The number of carbonyl (C=O) groups excluding carboxylic acids is 1. The molecule has 1 aliphatic rings. The Hall–Kier alpha value is -2.31. The van der Waals surface area contributed by atoms with Crippen molar-refractivity contribution >= 4 is 5.91 Å². The van der Waals surface area contributed by atoms with Crippen molar-refractivity contribution in [3.8, 4) is 0 Å². The number of rotatable bonds is 4. The Balaban J connectivity index is 1.62. The summed E-state index contributed by atoms with van der Waals surface area (Å²) in [5.41, 5.74) is 0.0305. The average Bonchev–Trinajstić information content (AvgIpc) is 3.05. The Kier molecular flexibility index (Phi) is 5.34. The minimum atomic E-state index is -4.34. The van der Waals surface area contributed by atoms with Gasteiger partial charge in [0.1, 0.15) is 5.76 Å². The summed E-state index contributed by atoms with van der Waals surface area (Å²) in [6.07, 6.45) is -1.61. The van der Waals surface area contributed by atoms with E-state index in [1.54, 1.807) is 24.0 Å². The number of piperidine rings is 1. The first-order valence-electron chi connectivity index (χ1n) is 8.72. The van der Waals surface area contributed by atoms with Gasteiger partial charge in [0, 0.05) is 19.2 Å². The third-order valence-electron chi connectivity index (χ3n) is 4.80. The van der Waals surface area contributed by atoms with Gasteiger partial charge in [-0.3, -0.25) is 4.79 Å². The van der Waals surface area contributed by atoms with Gasteiger partial charge < -0.3 is 9.42 Å². The largest absolute Gasteiger partial charge is 0.416 e. The van der Waals surface area contributed by atoms with Crippen LogP contribution in [0.5, 0.6) is 0 Å². The molecule has 1 amide bonds. The normalized spacial score (nSPS) is 18.2. The van der Waals surface area contributed by atoms with Crippen LogP contribution in [0.1, 0.15) is 46.6 Å². The molecule has 2 aromatic rings. The van der Waals surface area contributed by atoms with Crippen molar-refractivity contribution in [3.63, 3.8) is 0 Å². The Morgan fingerprint density at radius 3 is 2.81 bits per heavy atom. The first-order chi connectivity index (χ1) is 12.3. The fourth-order valence-corrected chi connectivity index (χ4v) is 3.49. The van der Waals surface area contributed by atoms with Crippen molar-refractivity contribution in [2.75, 3.05) is 13.1 Å². The standard InChI is InChI=1S/C19H21F3N2O2/c1-13-11-17(23-26-13)18(25)24-10-4-5-14(12-24)8-9-15-6-2-3-7-16(15)19(20,21)22/h2-3,6-7,11,14H,4-5,8-10,12H2,1H3/t14-/m1/s1. The second-order valence-corrected chi connectivity index (χ2v) is 6.78. The number of halogens is 3. The molecule has 4 nitrogen and oxygen atoms in total. The third-order valence-corrected chi connectivity index (χ3v) is 4.80. The number of carbonyl (C=O) groups is 1. The van der Waals surface area contributed by atoms with Gasteiger partial charge in [0.2, 0.25) is 0 Å². The van der Waals surface area contributed by atoms with Crippen molar-refractivity contribution in [1.82, 2.24) is 10.1 Å². The predicted octanol–water partition coefficient (Wildman–Crippen LogP) is 4.49. The minimum absolute atomic E-state index is 0.178. The van der Waals surface area contributed by atoms with Crippen molar-refractivity contribution in [1.29, 1.82) is 0 Å². The van der Waals surface area contributed by atoms with E-state index < -0.39 is 11.7 Å². The van der Waals surface area contributed by atoms with E-state index in [4.69, 9.17) is 4.52 Å². The average molecular weight is 366 g/mol. The SMILES string of the molecule is Cc1cc(C(=O)N2CCC[C@H](CCc3ccccc3C(F)(F)F)C2)no1. The van der Waals surface area contributed by atoms with Gasteiger partial charge in [-0.1, -0.05) is 23.4 Å². The molecular formula is C19H21F3N2O2. The Morgan fingerprint density at radius 2 is 2.12 bits per heavy atom. The summed E-state index contributed by atoms with van der Waals surface area (Å²) >= 11 is 0. The third kappa shape index (κ3) is 4.26. The Bertz CT molecular complexity index is 770. The van der Waals surface area contributed by atoms with Crippen LogP contribution in [0.25, 0.3) is 0 Å². The molecule has 1 aromatic heterocycles. The van der Waals surface area contributed by atoms with Crippen LogP contribution < -0.4 is 0 Å². The second kappa shape index (κ2) is 7.51. The van der Waals surface area contributed by atoms with E-state index in [0.29, 0.717) is 37.3 Å². The highest BCUT2D eigenvalue weighted by atomic mass is 19.4. The maximum atomic E-state index is 13.1. The molecule has 0 N–H and O–H groups in total. The monoisotopic (exact) mass is 366 g/mol. The lowest BCUT2D eigenvalue weighted by Crippen LogP contribution is -2.40. The lowest BCUT2D eigenvalue weighted by atomic mass is 9.90. The Morgan fingerprint density at radius 1 is 1.35 bits per heavy atom. The van der Waals surface area contributed by atoms with E-state index in [-0.39, 0.29) is 17.5 Å². The molecule has 0 spiro atoms. The fourth-order valence-electron chi connectivity index (χ4n) is 3.49. The molecule has 2 heterocycles. The van der Waals surface area contributed by atoms with E-state index in [1.165, 1.54) is 12.1 Å². The van der Waals surface area contributed by atoms with E-state index in [0.717, 1.165) is 18.9 Å². The van der Waals surface area contributed by atoms with Crippen LogP contribution in [0.15, 0.2) is 34.9 Å². The number of alkyl halides is 3. The molecule has 1 saturated heterocycles. The summed E-state index contributed by atoms with van der Waals surface area (Å²) in [4.78, 5) is 14.2. The van der Waals surface area contributed by atoms with Gasteiger partial charge in [0.05, 0.1) is 5.56 Å². The van der Waals surface area contributed by atoms with E-state index in [1.807, 2.05) is 0 Å². The fraction of sp³-hybridized carbons (Fsp3) is 0.474. The van der Waals surface area contributed by atoms with Gasteiger partial charge in [-0.05, 0) is 50.2 Å². The molecule has 0 radical (unpaired) electrons. The van der Waals surface area contributed by atoms with Crippen LogP contribution >= 0.6 is 0 Å².